The molecule has 2 aliphatic rings. The summed E-state index contributed by atoms with van der Waals surface area (Å²) in [6, 6.07) is 10.5. The smallest absolute Gasteiger partial charge is 0.286 e. The molecule has 1 N–H and O–H groups in total. The number of nitrogens with zero attached hydrogens (tertiary/aromatic N) is 3. The summed E-state index contributed by atoms with van der Waals surface area (Å²) in [5.74, 6) is -1.57. The first-order chi connectivity index (χ1) is 18.1. The van der Waals surface area contributed by atoms with E-state index in [2.05, 4.69) is 10.5 Å². The van der Waals surface area contributed by atoms with Crippen LogP contribution in [0.4, 0.5) is 4.39 Å². The summed E-state index contributed by atoms with van der Waals surface area (Å²) in [5.41, 5.74) is 5.06. The van der Waals surface area contributed by atoms with E-state index in [1.807, 2.05) is 0 Å². The third-order valence-electron chi connectivity index (χ3n) is 6.57. The lowest BCUT2D eigenvalue weighted by molar-refractivity contribution is 0.0606. The zero-order valence-electron chi connectivity index (χ0n) is 20.5. The van der Waals surface area contributed by atoms with E-state index in [9.17, 15) is 17.6 Å². The zero-order chi connectivity index (χ0) is 27.0. The molecule has 3 aromatic rings. The van der Waals surface area contributed by atoms with Gasteiger partial charge in [0.1, 0.15) is 5.82 Å². The number of hydrazine groups is 1. The molecule has 1 amide bonds. The van der Waals surface area contributed by atoms with Crippen molar-refractivity contribution in [2.24, 2.45) is 0 Å². The molecule has 1 fully saturated rings. The molecule has 0 radical (unpaired) electrons. The molecule has 0 saturated carbocycles. The summed E-state index contributed by atoms with van der Waals surface area (Å²) in [5, 5.41) is 7.09. The third kappa shape index (κ3) is 5.50. The van der Waals surface area contributed by atoms with Gasteiger partial charge in [-0.25, -0.2) is 22.5 Å². The molecular weight excluding hydrogens is 554 g/mol. The van der Waals surface area contributed by atoms with E-state index in [1.165, 1.54) is 16.8 Å². The number of rotatable bonds is 6. The molecule has 0 unspecified atom stereocenters. The van der Waals surface area contributed by atoms with Crippen LogP contribution < -0.4 is 5.43 Å². The van der Waals surface area contributed by atoms with Gasteiger partial charge in [0.25, 0.3) is 5.91 Å². The van der Waals surface area contributed by atoms with Crippen LogP contribution in [0.3, 0.4) is 0 Å². The molecule has 0 bridgehead atoms. The molecule has 2 aliphatic heterocycles. The van der Waals surface area contributed by atoms with Gasteiger partial charge in [-0.2, -0.15) is 5.10 Å². The second-order valence-electron chi connectivity index (χ2n) is 9.32. The lowest BCUT2D eigenvalue weighted by Crippen LogP contribution is -2.47. The zero-order valence-corrected chi connectivity index (χ0v) is 22.8. The maximum absolute atomic E-state index is 13.5. The van der Waals surface area contributed by atoms with Crippen LogP contribution in [-0.2, 0) is 20.3 Å². The number of halogens is 3. The number of nitrogens with one attached hydrogen (secondary N) is 1. The number of hydrogen-bond donors (Lipinski definition) is 1. The minimum Gasteiger partial charge on any atom is -0.383 e. The molecule has 8 nitrogen and oxygen atoms in total. The highest BCUT2D eigenvalue weighted by atomic mass is 35.5. The molecule has 1 saturated heterocycles. The Hall–Kier alpha value is -2.76. The van der Waals surface area contributed by atoms with Crippen molar-refractivity contribution in [2.45, 2.75) is 24.6 Å². The Labute approximate surface area is 229 Å². The number of carbonyl (C=O) groups excluding carboxylic acids is 1. The van der Waals surface area contributed by atoms with Crippen LogP contribution in [-0.4, -0.2) is 61.2 Å². The van der Waals surface area contributed by atoms with Crippen molar-refractivity contribution in [1.29, 1.82) is 0 Å². The van der Waals surface area contributed by atoms with Gasteiger partial charge in [0.05, 0.1) is 40.6 Å². The van der Waals surface area contributed by atoms with Crippen molar-refractivity contribution in [1.82, 2.24) is 20.2 Å². The molecule has 5 rings (SSSR count). The fourth-order valence-electron chi connectivity index (χ4n) is 4.91. The highest BCUT2D eigenvalue weighted by Crippen LogP contribution is 2.37. The van der Waals surface area contributed by atoms with Crippen molar-refractivity contribution in [3.8, 4) is 5.69 Å². The number of ether oxygens (including phenoxy) is 1. The molecule has 0 spiro atoms. The first-order valence-corrected chi connectivity index (χ1v) is 14.5. The molecule has 3 heterocycles. The van der Waals surface area contributed by atoms with Crippen molar-refractivity contribution in [3.05, 3.63) is 80.8 Å². The Bertz CT molecular complexity index is 1520. The van der Waals surface area contributed by atoms with E-state index in [-0.39, 0.29) is 33.8 Å². The van der Waals surface area contributed by atoms with Gasteiger partial charge < -0.3 is 4.74 Å². The Balaban J connectivity index is 1.66. The van der Waals surface area contributed by atoms with Crippen molar-refractivity contribution < 1.29 is 22.3 Å². The number of hydrogen-bond acceptors (Lipinski definition) is 6. The van der Waals surface area contributed by atoms with Gasteiger partial charge in [0, 0.05) is 24.2 Å². The number of carbonyl (C=O) groups is 1. The van der Waals surface area contributed by atoms with E-state index < -0.39 is 21.6 Å². The molecule has 12 heteroatoms. The molecule has 1 atom stereocenters. The van der Waals surface area contributed by atoms with Gasteiger partial charge in [-0.05, 0) is 60.4 Å². The molecule has 2 aromatic carbocycles. The van der Waals surface area contributed by atoms with E-state index in [4.69, 9.17) is 27.9 Å². The lowest BCUT2D eigenvalue weighted by Gasteiger charge is -2.24. The Kier molecular flexibility index (Phi) is 7.61. The maximum Gasteiger partial charge on any atom is 0.286 e. The van der Waals surface area contributed by atoms with Crippen molar-refractivity contribution in [3.63, 3.8) is 0 Å². The summed E-state index contributed by atoms with van der Waals surface area (Å²) in [6.07, 6.45) is 3.41. The summed E-state index contributed by atoms with van der Waals surface area (Å²) < 4.78 is 46.4. The van der Waals surface area contributed by atoms with Crippen molar-refractivity contribution in [2.75, 3.05) is 26.0 Å². The maximum atomic E-state index is 13.5. The number of aromatic nitrogens is 2. The van der Waals surface area contributed by atoms with Crippen LogP contribution in [0.2, 0.25) is 10.0 Å². The fourth-order valence-corrected chi connectivity index (χ4v) is 6.90. The SMILES string of the molecule is COC[C@@H]1CCCN1NC(=O)c1nn(-c2ccc(Cl)cc2Cl)c2c1CS(=O)(=O)C/C2=C\c1ccc(F)cc1. The number of methoxy groups -OCH3 is 1. The van der Waals surface area contributed by atoms with Gasteiger partial charge >= 0.3 is 0 Å². The summed E-state index contributed by atoms with van der Waals surface area (Å²) in [4.78, 5) is 13.5. The summed E-state index contributed by atoms with van der Waals surface area (Å²) in [7, 11) is -2.02. The quantitative estimate of drug-likeness (QED) is 0.461. The summed E-state index contributed by atoms with van der Waals surface area (Å²) >= 11 is 12.6. The molecule has 200 valence electrons. The minimum atomic E-state index is -3.63. The monoisotopic (exact) mass is 578 g/mol. The van der Waals surface area contributed by atoms with Crippen molar-refractivity contribution >= 4 is 50.6 Å². The Morgan fingerprint density at radius 3 is 2.68 bits per heavy atom. The van der Waals surface area contributed by atoms with Gasteiger partial charge in [0.2, 0.25) is 0 Å². The fraction of sp³-hybridized carbons (Fsp3) is 0.308. The van der Waals surface area contributed by atoms with E-state index in [0.29, 0.717) is 40.7 Å². The second kappa shape index (κ2) is 10.8. The van der Waals surface area contributed by atoms with Crippen LogP contribution in [0.25, 0.3) is 17.3 Å². The molecule has 0 aliphatic carbocycles. The van der Waals surface area contributed by atoms with E-state index in [0.717, 1.165) is 12.8 Å². The first kappa shape index (κ1) is 26.8. The molecular formula is C26H25Cl2FN4O4S. The van der Waals surface area contributed by atoms with Gasteiger partial charge in [-0.3, -0.25) is 10.2 Å². The predicted octanol–water partition coefficient (Wildman–Crippen LogP) is 4.54. The Morgan fingerprint density at radius 1 is 1.21 bits per heavy atom. The average molecular weight is 579 g/mol. The average Bonchev–Trinajstić information content (AvgIpc) is 3.44. The highest BCUT2D eigenvalue weighted by molar-refractivity contribution is 7.91. The van der Waals surface area contributed by atoms with Crippen LogP contribution in [0.15, 0.2) is 42.5 Å². The first-order valence-electron chi connectivity index (χ1n) is 12.0. The normalized spacial score (nSPS) is 20.0. The van der Waals surface area contributed by atoms with Crippen LogP contribution in [0, 0.1) is 5.82 Å². The highest BCUT2D eigenvalue weighted by Gasteiger charge is 2.36. The minimum absolute atomic E-state index is 0.00485. The standard InChI is InChI=1S/C26H25Cl2FN4O4S/c1-37-13-20-3-2-10-32(20)31-26(34)24-21-15-38(35,36)14-17(11-16-4-7-19(29)8-5-16)25(21)33(30-24)23-9-6-18(27)12-22(23)28/h4-9,11-12,20H,2-3,10,13-15H2,1H3,(H,31,34)/b17-11+/t20-/m0/s1. The summed E-state index contributed by atoms with van der Waals surface area (Å²) in [6.45, 7) is 1.09. The van der Waals surface area contributed by atoms with Gasteiger partial charge in [-0.15, -0.1) is 0 Å². The third-order valence-corrected chi connectivity index (χ3v) is 8.59. The van der Waals surface area contributed by atoms with Crippen LogP contribution in [0.5, 0.6) is 0 Å². The van der Waals surface area contributed by atoms with Gasteiger partial charge in [0.15, 0.2) is 15.5 Å². The lowest BCUT2D eigenvalue weighted by atomic mass is 10.0. The van der Waals surface area contributed by atoms with Crippen LogP contribution in [0.1, 0.15) is 40.2 Å². The topological polar surface area (TPSA) is 93.5 Å². The molecule has 38 heavy (non-hydrogen) atoms. The van der Waals surface area contributed by atoms with E-state index >= 15 is 0 Å². The Morgan fingerprint density at radius 2 is 1.97 bits per heavy atom. The van der Waals surface area contributed by atoms with Gasteiger partial charge in [-0.1, -0.05) is 35.3 Å². The largest absolute Gasteiger partial charge is 0.383 e. The number of sulfone groups is 1. The van der Waals surface area contributed by atoms with Crippen LogP contribution >= 0.6 is 23.2 Å². The van der Waals surface area contributed by atoms with E-state index in [1.54, 1.807) is 48.5 Å². The predicted molar refractivity (Wildman–Crippen MR) is 144 cm³/mol. The second-order valence-corrected chi connectivity index (χ2v) is 12.2. The number of amides is 1. The number of fused-ring (bicyclic) bond motifs is 1. The molecule has 1 aromatic heterocycles. The number of benzene rings is 2.